The van der Waals surface area contributed by atoms with Crippen molar-refractivity contribution < 1.29 is 12.8 Å². The van der Waals surface area contributed by atoms with Crippen LogP contribution in [-0.4, -0.2) is 15.0 Å². The van der Waals surface area contributed by atoms with Crippen molar-refractivity contribution in [1.29, 1.82) is 0 Å². The van der Waals surface area contributed by atoms with Crippen LogP contribution in [0.25, 0.3) is 0 Å². The van der Waals surface area contributed by atoms with Gasteiger partial charge in [0.05, 0.1) is 10.6 Å². The van der Waals surface area contributed by atoms with E-state index in [1.807, 2.05) is 0 Å². The number of halogens is 1. The number of nitrogens with one attached hydrogen (secondary N) is 1. The molecule has 1 saturated carbocycles. The summed E-state index contributed by atoms with van der Waals surface area (Å²) in [5, 5.41) is 0. The summed E-state index contributed by atoms with van der Waals surface area (Å²) in [5.74, 6) is -0.565. The quantitative estimate of drug-likeness (QED) is 0.833. The van der Waals surface area contributed by atoms with Gasteiger partial charge in [-0.1, -0.05) is 13.3 Å². The molecule has 0 saturated heterocycles. The lowest BCUT2D eigenvalue weighted by Gasteiger charge is -2.38. The molecule has 0 spiro atoms. The van der Waals surface area contributed by atoms with Gasteiger partial charge in [0.1, 0.15) is 5.82 Å². The van der Waals surface area contributed by atoms with E-state index in [2.05, 4.69) is 11.6 Å². The maximum atomic E-state index is 13.4. The maximum Gasteiger partial charge on any atom is 0.240 e. The Kier molecular flexibility index (Phi) is 3.57. The van der Waals surface area contributed by atoms with E-state index in [-0.39, 0.29) is 21.6 Å². The van der Waals surface area contributed by atoms with Crippen LogP contribution < -0.4 is 10.5 Å². The van der Waals surface area contributed by atoms with Gasteiger partial charge in [0, 0.05) is 6.54 Å². The lowest BCUT2D eigenvalue weighted by Crippen LogP contribution is -2.39. The summed E-state index contributed by atoms with van der Waals surface area (Å²) in [6.07, 6.45) is 3.20. The number of aryl methyl sites for hydroxylation is 1. The van der Waals surface area contributed by atoms with E-state index in [9.17, 15) is 12.8 Å². The van der Waals surface area contributed by atoms with Gasteiger partial charge in [-0.3, -0.25) is 0 Å². The van der Waals surface area contributed by atoms with Gasteiger partial charge in [-0.2, -0.15) is 0 Å². The minimum absolute atomic E-state index is 0.0202. The fourth-order valence-corrected chi connectivity index (χ4v) is 3.55. The summed E-state index contributed by atoms with van der Waals surface area (Å²) in [5.41, 5.74) is 5.61. The average molecular weight is 286 g/mol. The third-order valence-corrected chi connectivity index (χ3v) is 5.20. The van der Waals surface area contributed by atoms with Crippen LogP contribution >= 0.6 is 0 Å². The van der Waals surface area contributed by atoms with Gasteiger partial charge in [-0.25, -0.2) is 17.5 Å². The van der Waals surface area contributed by atoms with Crippen molar-refractivity contribution >= 4 is 15.7 Å². The van der Waals surface area contributed by atoms with Gasteiger partial charge in [0.2, 0.25) is 10.0 Å². The zero-order chi connectivity index (χ0) is 14.3. The molecule has 1 aromatic rings. The molecule has 1 aliphatic carbocycles. The van der Waals surface area contributed by atoms with E-state index in [1.165, 1.54) is 13.0 Å². The second-order valence-corrected chi connectivity index (χ2v) is 7.40. The number of hydrogen-bond donors (Lipinski definition) is 2. The second kappa shape index (κ2) is 4.76. The van der Waals surface area contributed by atoms with E-state index < -0.39 is 15.8 Å². The van der Waals surface area contributed by atoms with Crippen molar-refractivity contribution in [3.8, 4) is 0 Å². The monoisotopic (exact) mass is 286 g/mol. The average Bonchev–Trinajstić information content (AvgIpc) is 2.30. The molecule has 19 heavy (non-hydrogen) atoms. The zero-order valence-electron chi connectivity index (χ0n) is 11.2. The number of sulfonamides is 1. The van der Waals surface area contributed by atoms with Crippen LogP contribution in [0.15, 0.2) is 17.0 Å². The molecule has 0 bridgehead atoms. The predicted molar refractivity (Wildman–Crippen MR) is 72.7 cm³/mol. The first-order valence-corrected chi connectivity index (χ1v) is 7.77. The lowest BCUT2D eigenvalue weighted by molar-refractivity contribution is 0.166. The molecule has 0 atom stereocenters. The summed E-state index contributed by atoms with van der Waals surface area (Å²) in [6.45, 7) is 3.97. The van der Waals surface area contributed by atoms with E-state index in [4.69, 9.17) is 5.73 Å². The predicted octanol–water partition coefficient (Wildman–Crippen LogP) is 2.18. The second-order valence-electron chi connectivity index (χ2n) is 5.63. The number of nitrogen functional groups attached to an aromatic ring is 1. The van der Waals surface area contributed by atoms with Crippen molar-refractivity contribution in [2.75, 3.05) is 12.3 Å². The third kappa shape index (κ3) is 2.90. The van der Waals surface area contributed by atoms with E-state index >= 15 is 0 Å². The fraction of sp³-hybridized carbons (Fsp3) is 0.538. The molecule has 3 N–H and O–H groups in total. The van der Waals surface area contributed by atoms with Crippen molar-refractivity contribution in [3.63, 3.8) is 0 Å². The Labute approximate surface area is 113 Å². The molecular weight excluding hydrogens is 267 g/mol. The first-order valence-electron chi connectivity index (χ1n) is 6.29. The number of anilines is 1. The molecule has 0 amide bonds. The van der Waals surface area contributed by atoms with Crippen LogP contribution in [0.4, 0.5) is 10.1 Å². The molecule has 0 heterocycles. The molecule has 1 aromatic carbocycles. The standard InChI is InChI=1S/C13H19FN2O2S/c1-9-6-10(7-11(15)12(9)14)19(17,18)16-8-13(2)4-3-5-13/h6-7,16H,3-5,8,15H2,1-2H3. The summed E-state index contributed by atoms with van der Waals surface area (Å²) >= 11 is 0. The number of nitrogens with two attached hydrogens (primary N) is 1. The first kappa shape index (κ1) is 14.3. The molecule has 2 rings (SSSR count). The van der Waals surface area contributed by atoms with Crippen LogP contribution in [0.5, 0.6) is 0 Å². The van der Waals surface area contributed by atoms with E-state index in [0.29, 0.717) is 6.54 Å². The fourth-order valence-electron chi connectivity index (χ4n) is 2.23. The Bertz CT molecular complexity index is 572. The van der Waals surface area contributed by atoms with Gasteiger partial charge in [0.15, 0.2) is 0 Å². The minimum atomic E-state index is -3.63. The Balaban J connectivity index is 2.19. The Morgan fingerprint density at radius 1 is 1.42 bits per heavy atom. The van der Waals surface area contributed by atoms with Crippen LogP contribution in [0.2, 0.25) is 0 Å². The summed E-state index contributed by atoms with van der Waals surface area (Å²) in [7, 11) is -3.63. The zero-order valence-corrected chi connectivity index (χ0v) is 12.0. The highest BCUT2D eigenvalue weighted by atomic mass is 32.2. The largest absolute Gasteiger partial charge is 0.396 e. The summed E-state index contributed by atoms with van der Waals surface area (Å²) in [6, 6.07) is 2.46. The number of hydrogen-bond acceptors (Lipinski definition) is 3. The van der Waals surface area contributed by atoms with Crippen LogP contribution in [-0.2, 0) is 10.0 Å². The molecule has 6 heteroatoms. The smallest absolute Gasteiger partial charge is 0.240 e. The molecule has 106 valence electrons. The normalized spacial score (nSPS) is 18.1. The third-order valence-electron chi connectivity index (χ3n) is 3.82. The van der Waals surface area contributed by atoms with Crippen molar-refractivity contribution in [2.45, 2.75) is 38.0 Å². The highest BCUT2D eigenvalue weighted by Crippen LogP contribution is 2.39. The topological polar surface area (TPSA) is 72.2 Å². The molecule has 0 radical (unpaired) electrons. The maximum absolute atomic E-state index is 13.4. The Morgan fingerprint density at radius 3 is 2.53 bits per heavy atom. The Hall–Kier alpha value is -1.14. The van der Waals surface area contributed by atoms with Gasteiger partial charge < -0.3 is 5.73 Å². The van der Waals surface area contributed by atoms with Crippen LogP contribution in [0, 0.1) is 18.2 Å². The molecule has 0 unspecified atom stereocenters. The van der Waals surface area contributed by atoms with E-state index in [0.717, 1.165) is 25.3 Å². The van der Waals surface area contributed by atoms with Crippen LogP contribution in [0.1, 0.15) is 31.7 Å². The summed E-state index contributed by atoms with van der Waals surface area (Å²) < 4.78 is 40.3. The van der Waals surface area contributed by atoms with Gasteiger partial charge in [-0.05, 0) is 42.9 Å². The first-order chi connectivity index (χ1) is 8.73. The highest BCUT2D eigenvalue weighted by Gasteiger charge is 2.33. The molecular formula is C13H19FN2O2S. The van der Waals surface area contributed by atoms with Gasteiger partial charge in [0.25, 0.3) is 0 Å². The van der Waals surface area contributed by atoms with Crippen molar-refractivity contribution in [3.05, 3.63) is 23.5 Å². The number of benzene rings is 1. The highest BCUT2D eigenvalue weighted by molar-refractivity contribution is 7.89. The minimum Gasteiger partial charge on any atom is -0.396 e. The molecule has 4 nitrogen and oxygen atoms in total. The van der Waals surface area contributed by atoms with E-state index in [1.54, 1.807) is 0 Å². The Morgan fingerprint density at radius 2 is 2.05 bits per heavy atom. The van der Waals surface area contributed by atoms with Crippen molar-refractivity contribution in [2.24, 2.45) is 5.41 Å². The molecule has 0 aliphatic heterocycles. The SMILES string of the molecule is Cc1cc(S(=O)(=O)NCC2(C)CCC2)cc(N)c1F. The lowest BCUT2D eigenvalue weighted by atomic mass is 9.71. The van der Waals surface area contributed by atoms with Gasteiger partial charge >= 0.3 is 0 Å². The molecule has 1 aliphatic rings. The van der Waals surface area contributed by atoms with Crippen molar-refractivity contribution in [1.82, 2.24) is 4.72 Å². The molecule has 0 aromatic heterocycles. The van der Waals surface area contributed by atoms with Gasteiger partial charge in [-0.15, -0.1) is 0 Å². The summed E-state index contributed by atoms with van der Waals surface area (Å²) in [4.78, 5) is 0.0202. The number of rotatable bonds is 4. The van der Waals surface area contributed by atoms with Crippen LogP contribution in [0.3, 0.4) is 0 Å². The molecule has 1 fully saturated rings.